The van der Waals surface area contributed by atoms with Gasteiger partial charge < -0.3 is 24.0 Å². The lowest BCUT2D eigenvalue weighted by Gasteiger charge is -2.27. The van der Waals surface area contributed by atoms with Crippen molar-refractivity contribution in [2.24, 2.45) is 11.8 Å². The van der Waals surface area contributed by atoms with Gasteiger partial charge in [-0.25, -0.2) is 13.8 Å². The van der Waals surface area contributed by atoms with Crippen LogP contribution in [0.2, 0.25) is 0 Å². The van der Waals surface area contributed by atoms with Crippen molar-refractivity contribution in [3.8, 4) is 11.7 Å². The third-order valence-electron chi connectivity index (χ3n) is 7.62. The van der Waals surface area contributed by atoms with Crippen molar-refractivity contribution in [1.29, 1.82) is 0 Å². The molecule has 0 spiro atoms. The second-order valence-corrected chi connectivity index (χ2v) is 10.2. The quantitative estimate of drug-likeness (QED) is 0.449. The number of likely N-dealkylation sites (tertiary alicyclic amines) is 1. The van der Waals surface area contributed by atoms with Crippen LogP contribution in [0.4, 0.5) is 14.7 Å². The van der Waals surface area contributed by atoms with Crippen molar-refractivity contribution < 1.29 is 27.8 Å². The number of hydrogen-bond donors (Lipinski definition) is 0. The minimum atomic E-state index is -2.79. The van der Waals surface area contributed by atoms with Crippen molar-refractivity contribution in [2.75, 3.05) is 64.1 Å². The van der Waals surface area contributed by atoms with E-state index in [0.717, 1.165) is 19.3 Å². The molecular formula is C27H32F2N6O4. The number of rotatable bonds is 7. The number of imidazole rings is 1. The van der Waals surface area contributed by atoms with Crippen LogP contribution in [0, 0.1) is 11.8 Å². The Morgan fingerprint density at radius 3 is 2.56 bits per heavy atom. The van der Waals surface area contributed by atoms with Gasteiger partial charge in [-0.05, 0) is 31.4 Å². The van der Waals surface area contributed by atoms with E-state index in [2.05, 4.69) is 15.0 Å². The van der Waals surface area contributed by atoms with E-state index in [-0.39, 0.29) is 29.4 Å². The number of carbonyl (C=O) groups is 1. The first-order chi connectivity index (χ1) is 19.1. The van der Waals surface area contributed by atoms with E-state index >= 15 is 0 Å². The Morgan fingerprint density at radius 1 is 1.00 bits per heavy atom. The number of benzene rings is 1. The maximum atomic E-state index is 14.1. The van der Waals surface area contributed by atoms with Crippen LogP contribution in [0.25, 0.3) is 16.9 Å². The molecule has 12 heteroatoms. The molecule has 3 aromatic rings. The molecule has 10 nitrogen and oxygen atoms in total. The fourth-order valence-corrected chi connectivity index (χ4v) is 5.50. The van der Waals surface area contributed by atoms with Crippen LogP contribution in [-0.2, 0) is 14.3 Å². The topological polar surface area (TPSA) is 94.8 Å². The number of carbonyl (C=O) groups excluding carboxylic acids is 1. The van der Waals surface area contributed by atoms with Crippen LogP contribution in [0.5, 0.6) is 5.88 Å². The Balaban J connectivity index is 1.24. The lowest BCUT2D eigenvalue weighted by Crippen LogP contribution is -2.37. The average Bonchev–Trinajstić information content (AvgIpc) is 3.62. The predicted octanol–water partition coefficient (Wildman–Crippen LogP) is 3.24. The monoisotopic (exact) mass is 542 g/mol. The number of amides is 1. The molecule has 0 aliphatic carbocycles. The minimum Gasteiger partial charge on any atom is -0.477 e. The molecule has 5 heterocycles. The molecule has 3 aliphatic rings. The number of nitrogens with zero attached hydrogens (tertiary/aromatic N) is 6. The number of aromatic nitrogens is 4. The number of para-hydroxylation sites is 2. The number of alkyl halides is 2. The van der Waals surface area contributed by atoms with Crippen molar-refractivity contribution >= 4 is 22.9 Å². The van der Waals surface area contributed by atoms with Gasteiger partial charge in [-0.3, -0.25) is 9.36 Å². The van der Waals surface area contributed by atoms with E-state index in [1.165, 1.54) is 4.57 Å². The molecule has 1 amide bonds. The van der Waals surface area contributed by atoms with Gasteiger partial charge in [-0.1, -0.05) is 12.1 Å². The first-order valence-corrected chi connectivity index (χ1v) is 13.5. The normalized spacial score (nSPS) is 20.7. The number of anilines is 1. The first-order valence-electron chi connectivity index (χ1n) is 13.5. The Morgan fingerprint density at radius 2 is 1.77 bits per heavy atom. The van der Waals surface area contributed by atoms with Gasteiger partial charge in [0.05, 0.1) is 30.9 Å². The number of morpholine rings is 1. The van der Waals surface area contributed by atoms with Gasteiger partial charge in [0.1, 0.15) is 5.82 Å². The third-order valence-corrected chi connectivity index (χ3v) is 7.62. The highest BCUT2D eigenvalue weighted by molar-refractivity contribution is 5.79. The molecule has 0 unspecified atom stereocenters. The lowest BCUT2D eigenvalue weighted by atomic mass is 9.99. The number of halogens is 2. The zero-order chi connectivity index (χ0) is 26.8. The van der Waals surface area contributed by atoms with Crippen LogP contribution in [0.1, 0.15) is 31.5 Å². The second kappa shape index (κ2) is 11.4. The molecule has 0 saturated carbocycles. The van der Waals surface area contributed by atoms with Gasteiger partial charge in [-0.15, -0.1) is 0 Å². The molecule has 3 fully saturated rings. The van der Waals surface area contributed by atoms with E-state index in [0.29, 0.717) is 82.1 Å². The summed E-state index contributed by atoms with van der Waals surface area (Å²) < 4.78 is 46.5. The first kappa shape index (κ1) is 25.9. The van der Waals surface area contributed by atoms with Crippen molar-refractivity contribution in [2.45, 2.75) is 25.7 Å². The van der Waals surface area contributed by atoms with E-state index in [1.54, 1.807) is 30.3 Å². The van der Waals surface area contributed by atoms with Crippen LogP contribution < -0.4 is 9.64 Å². The minimum absolute atomic E-state index is 0.0351. The Bertz CT molecular complexity index is 1310. The smallest absolute Gasteiger partial charge is 0.296 e. The highest BCUT2D eigenvalue weighted by Gasteiger charge is 2.32. The van der Waals surface area contributed by atoms with E-state index in [4.69, 9.17) is 14.2 Å². The van der Waals surface area contributed by atoms with Gasteiger partial charge >= 0.3 is 0 Å². The Labute approximate surface area is 224 Å². The summed E-state index contributed by atoms with van der Waals surface area (Å²) in [6.45, 7) is 5.20. The molecule has 1 atom stereocenters. The summed E-state index contributed by atoms with van der Waals surface area (Å²) in [7, 11) is 0. The van der Waals surface area contributed by atoms with Gasteiger partial charge in [-0.2, -0.15) is 9.97 Å². The molecule has 0 N–H and O–H groups in total. The average molecular weight is 543 g/mol. The van der Waals surface area contributed by atoms with Gasteiger partial charge in [0.25, 0.3) is 6.43 Å². The molecule has 3 saturated heterocycles. The molecule has 6 rings (SSSR count). The van der Waals surface area contributed by atoms with Gasteiger partial charge in [0, 0.05) is 57.3 Å². The summed E-state index contributed by atoms with van der Waals surface area (Å²) in [6.07, 6.45) is -0.408. The molecule has 2 aromatic heterocycles. The Hall–Kier alpha value is -3.38. The van der Waals surface area contributed by atoms with E-state index in [1.807, 2.05) is 9.80 Å². The highest BCUT2D eigenvalue weighted by atomic mass is 19.3. The molecule has 3 aliphatic heterocycles. The van der Waals surface area contributed by atoms with Gasteiger partial charge in [0.15, 0.2) is 5.82 Å². The van der Waals surface area contributed by atoms with Gasteiger partial charge in [0.2, 0.25) is 17.7 Å². The second-order valence-electron chi connectivity index (χ2n) is 10.2. The number of fused-ring (bicyclic) bond motifs is 1. The maximum absolute atomic E-state index is 14.1. The van der Waals surface area contributed by atoms with Crippen LogP contribution >= 0.6 is 0 Å². The summed E-state index contributed by atoms with van der Waals surface area (Å²) in [6, 6.07) is 8.58. The van der Waals surface area contributed by atoms with E-state index < -0.39 is 6.43 Å². The summed E-state index contributed by atoms with van der Waals surface area (Å²) in [4.78, 5) is 30.3. The highest BCUT2D eigenvalue weighted by Crippen LogP contribution is 2.30. The number of hydrogen-bond acceptors (Lipinski definition) is 8. The van der Waals surface area contributed by atoms with Crippen molar-refractivity contribution in [3.63, 3.8) is 0 Å². The zero-order valence-corrected chi connectivity index (χ0v) is 21.7. The molecule has 39 heavy (non-hydrogen) atoms. The largest absolute Gasteiger partial charge is 0.477 e. The lowest BCUT2D eigenvalue weighted by molar-refractivity contribution is -0.137. The maximum Gasteiger partial charge on any atom is 0.296 e. The molecule has 0 bridgehead atoms. The fourth-order valence-electron chi connectivity index (χ4n) is 5.50. The summed E-state index contributed by atoms with van der Waals surface area (Å²) in [5, 5.41) is 0. The Kier molecular flexibility index (Phi) is 7.55. The zero-order valence-electron chi connectivity index (χ0n) is 21.7. The molecular weight excluding hydrogens is 510 g/mol. The number of ether oxygens (including phenoxy) is 3. The van der Waals surface area contributed by atoms with Crippen molar-refractivity contribution in [1.82, 2.24) is 24.4 Å². The SMILES string of the molecule is O=C(C1CCOCC1)N1CC[C@H](COc2cc(-n3c(C(F)F)nc4ccccc43)nc(N3CCOCC3)n2)C1. The molecule has 208 valence electrons. The van der Waals surface area contributed by atoms with Crippen molar-refractivity contribution in [3.05, 3.63) is 36.2 Å². The summed E-state index contributed by atoms with van der Waals surface area (Å²) >= 11 is 0. The summed E-state index contributed by atoms with van der Waals surface area (Å²) in [5.74, 6) is 0.976. The standard InChI is InChI=1S/C27H32F2N6O4/c28-24(29)25-30-20-3-1-2-4-21(20)35(25)22-15-23(32-27(31-22)33-9-13-38-14-10-33)39-17-18-5-8-34(16-18)26(36)19-6-11-37-12-7-19/h1-4,15,18-19,24H,5-14,16-17H2/t18-/m0/s1. The molecule has 0 radical (unpaired) electrons. The van der Waals surface area contributed by atoms with Crippen LogP contribution in [-0.4, -0.2) is 89.5 Å². The molecule has 1 aromatic carbocycles. The van der Waals surface area contributed by atoms with Crippen LogP contribution in [0.3, 0.4) is 0 Å². The van der Waals surface area contributed by atoms with Crippen LogP contribution in [0.15, 0.2) is 30.3 Å². The van der Waals surface area contributed by atoms with E-state index in [9.17, 15) is 13.6 Å². The fraction of sp³-hybridized carbons (Fsp3) is 0.556. The predicted molar refractivity (Wildman–Crippen MR) is 138 cm³/mol. The summed E-state index contributed by atoms with van der Waals surface area (Å²) in [5.41, 5.74) is 0.991. The third kappa shape index (κ3) is 5.53.